The van der Waals surface area contributed by atoms with Crippen LogP contribution in [0.15, 0.2) is 35.9 Å². The molecule has 1 fully saturated rings. The number of benzene rings is 1. The van der Waals surface area contributed by atoms with E-state index in [1.54, 1.807) is 11.3 Å². The predicted octanol–water partition coefficient (Wildman–Crippen LogP) is 4.19. The van der Waals surface area contributed by atoms with Crippen LogP contribution in [0.4, 0.5) is 0 Å². The molecule has 2 aromatic rings. The molecule has 2 heterocycles. The SMILES string of the molecule is C=C(Cl)CN1CCCC1c1nc2ccccc2s1. The number of thiazole rings is 1. The molecule has 0 spiro atoms. The van der Waals surface area contributed by atoms with Crippen molar-refractivity contribution in [2.45, 2.75) is 18.9 Å². The smallest absolute Gasteiger partial charge is 0.111 e. The van der Waals surface area contributed by atoms with Gasteiger partial charge in [0.25, 0.3) is 0 Å². The Bertz CT molecular complexity index is 545. The van der Waals surface area contributed by atoms with Crippen LogP contribution in [-0.4, -0.2) is 23.0 Å². The van der Waals surface area contributed by atoms with Gasteiger partial charge in [0.2, 0.25) is 0 Å². The van der Waals surface area contributed by atoms with E-state index in [-0.39, 0.29) is 0 Å². The van der Waals surface area contributed by atoms with Gasteiger partial charge in [-0.15, -0.1) is 11.3 Å². The number of para-hydroxylation sites is 1. The van der Waals surface area contributed by atoms with Crippen LogP contribution < -0.4 is 0 Å². The van der Waals surface area contributed by atoms with E-state index in [2.05, 4.69) is 29.7 Å². The minimum atomic E-state index is 0.415. The average molecular weight is 279 g/mol. The minimum absolute atomic E-state index is 0.415. The maximum atomic E-state index is 5.94. The van der Waals surface area contributed by atoms with Crippen LogP contribution in [0, 0.1) is 0 Å². The molecule has 18 heavy (non-hydrogen) atoms. The Kier molecular flexibility index (Phi) is 3.37. The van der Waals surface area contributed by atoms with E-state index < -0.39 is 0 Å². The van der Waals surface area contributed by atoms with Gasteiger partial charge in [0, 0.05) is 11.6 Å². The number of aromatic nitrogens is 1. The van der Waals surface area contributed by atoms with E-state index in [1.165, 1.54) is 22.5 Å². The molecule has 4 heteroatoms. The van der Waals surface area contributed by atoms with E-state index in [4.69, 9.17) is 16.6 Å². The van der Waals surface area contributed by atoms with Gasteiger partial charge in [0.05, 0.1) is 16.3 Å². The molecule has 3 rings (SSSR count). The summed E-state index contributed by atoms with van der Waals surface area (Å²) < 4.78 is 1.27. The lowest BCUT2D eigenvalue weighted by Gasteiger charge is -2.21. The molecule has 1 aromatic heterocycles. The van der Waals surface area contributed by atoms with Gasteiger partial charge in [-0.05, 0) is 31.5 Å². The number of hydrogen-bond acceptors (Lipinski definition) is 3. The average Bonchev–Trinajstić information content (AvgIpc) is 2.93. The number of nitrogens with zero attached hydrogens (tertiary/aromatic N) is 2. The highest BCUT2D eigenvalue weighted by molar-refractivity contribution is 7.18. The van der Waals surface area contributed by atoms with E-state index in [0.717, 1.165) is 18.6 Å². The predicted molar refractivity (Wildman–Crippen MR) is 78.2 cm³/mol. The standard InChI is InChI=1S/C14H15ClN2S/c1-10(15)9-17-8-4-6-12(17)14-16-11-5-2-3-7-13(11)18-14/h2-3,5,7,12H,1,4,6,8-9H2. The summed E-state index contributed by atoms with van der Waals surface area (Å²) in [5, 5.41) is 1.93. The summed E-state index contributed by atoms with van der Waals surface area (Å²) in [5.74, 6) is 0. The molecule has 2 nitrogen and oxygen atoms in total. The van der Waals surface area contributed by atoms with Crippen LogP contribution in [0.25, 0.3) is 10.2 Å². The third-order valence-electron chi connectivity index (χ3n) is 3.33. The summed E-state index contributed by atoms with van der Waals surface area (Å²) in [4.78, 5) is 7.14. The van der Waals surface area contributed by atoms with Gasteiger partial charge in [-0.25, -0.2) is 4.98 Å². The van der Waals surface area contributed by atoms with Gasteiger partial charge in [-0.1, -0.05) is 30.3 Å². The van der Waals surface area contributed by atoms with Crippen molar-refractivity contribution < 1.29 is 0 Å². The first-order chi connectivity index (χ1) is 8.74. The van der Waals surface area contributed by atoms with Crippen LogP contribution in [0.1, 0.15) is 23.9 Å². The van der Waals surface area contributed by atoms with E-state index in [1.807, 2.05) is 6.07 Å². The number of halogens is 1. The topological polar surface area (TPSA) is 16.1 Å². The zero-order chi connectivity index (χ0) is 12.5. The summed E-state index contributed by atoms with van der Waals surface area (Å²) in [7, 11) is 0. The summed E-state index contributed by atoms with van der Waals surface area (Å²) in [6.07, 6.45) is 2.38. The van der Waals surface area contributed by atoms with Crippen molar-refractivity contribution in [3.63, 3.8) is 0 Å². The molecular formula is C14H15ClN2S. The maximum Gasteiger partial charge on any atom is 0.111 e. The monoisotopic (exact) mass is 278 g/mol. The van der Waals surface area contributed by atoms with Gasteiger partial charge in [-0.2, -0.15) is 0 Å². The van der Waals surface area contributed by atoms with Gasteiger partial charge in [0.15, 0.2) is 0 Å². The Balaban J connectivity index is 1.90. The van der Waals surface area contributed by atoms with Crippen molar-refractivity contribution >= 4 is 33.2 Å². The fraction of sp³-hybridized carbons (Fsp3) is 0.357. The third kappa shape index (κ3) is 2.30. The zero-order valence-corrected chi connectivity index (χ0v) is 11.7. The summed E-state index contributed by atoms with van der Waals surface area (Å²) in [5.41, 5.74) is 1.11. The summed E-state index contributed by atoms with van der Waals surface area (Å²) in [6.45, 7) is 5.65. The first-order valence-electron chi connectivity index (χ1n) is 6.17. The molecule has 0 amide bonds. The Morgan fingerprint density at radius 1 is 1.50 bits per heavy atom. The van der Waals surface area contributed by atoms with Crippen LogP contribution in [0.3, 0.4) is 0 Å². The van der Waals surface area contributed by atoms with Crippen LogP contribution in [0.2, 0.25) is 0 Å². The van der Waals surface area contributed by atoms with Gasteiger partial charge < -0.3 is 0 Å². The molecule has 94 valence electrons. The Labute approximate surface area is 116 Å². The largest absolute Gasteiger partial charge is 0.289 e. The van der Waals surface area contributed by atoms with Crippen molar-refractivity contribution in [1.29, 1.82) is 0 Å². The molecule has 0 N–H and O–H groups in total. The van der Waals surface area contributed by atoms with Crippen LogP contribution in [0.5, 0.6) is 0 Å². The van der Waals surface area contributed by atoms with Crippen LogP contribution >= 0.6 is 22.9 Å². The second kappa shape index (κ2) is 5.00. The molecule has 0 aliphatic carbocycles. The number of fused-ring (bicyclic) bond motifs is 1. The molecule has 0 saturated carbocycles. The van der Waals surface area contributed by atoms with Gasteiger partial charge in [-0.3, -0.25) is 4.90 Å². The van der Waals surface area contributed by atoms with Crippen molar-refractivity contribution in [1.82, 2.24) is 9.88 Å². The Morgan fingerprint density at radius 3 is 3.11 bits per heavy atom. The van der Waals surface area contributed by atoms with E-state index in [9.17, 15) is 0 Å². The summed E-state index contributed by atoms with van der Waals surface area (Å²) >= 11 is 7.74. The summed E-state index contributed by atoms with van der Waals surface area (Å²) in [6, 6.07) is 8.74. The Morgan fingerprint density at radius 2 is 2.33 bits per heavy atom. The maximum absolute atomic E-state index is 5.94. The van der Waals surface area contributed by atoms with Crippen molar-refractivity contribution in [2.24, 2.45) is 0 Å². The fourth-order valence-electron chi connectivity index (χ4n) is 2.55. The molecule has 1 saturated heterocycles. The number of rotatable bonds is 3. The lowest BCUT2D eigenvalue weighted by molar-refractivity contribution is 0.283. The molecule has 0 bridgehead atoms. The lowest BCUT2D eigenvalue weighted by atomic mass is 10.2. The zero-order valence-electron chi connectivity index (χ0n) is 10.1. The quantitative estimate of drug-likeness (QED) is 0.837. The lowest BCUT2D eigenvalue weighted by Crippen LogP contribution is -2.24. The molecule has 1 aliphatic heterocycles. The van der Waals surface area contributed by atoms with Crippen molar-refractivity contribution in [2.75, 3.05) is 13.1 Å². The van der Waals surface area contributed by atoms with Crippen LogP contribution in [-0.2, 0) is 0 Å². The van der Waals surface area contributed by atoms with E-state index >= 15 is 0 Å². The first kappa shape index (κ1) is 12.2. The highest BCUT2D eigenvalue weighted by Gasteiger charge is 2.28. The molecule has 1 atom stereocenters. The van der Waals surface area contributed by atoms with Crippen molar-refractivity contribution in [3.05, 3.63) is 40.9 Å². The third-order valence-corrected chi connectivity index (χ3v) is 4.59. The molecule has 1 aromatic carbocycles. The number of hydrogen-bond donors (Lipinski definition) is 0. The van der Waals surface area contributed by atoms with Gasteiger partial charge in [0.1, 0.15) is 5.01 Å². The molecule has 0 radical (unpaired) electrons. The Hall–Kier alpha value is -0.900. The van der Waals surface area contributed by atoms with E-state index in [0.29, 0.717) is 11.1 Å². The first-order valence-corrected chi connectivity index (χ1v) is 7.36. The number of likely N-dealkylation sites (tertiary alicyclic amines) is 1. The highest BCUT2D eigenvalue weighted by atomic mass is 35.5. The minimum Gasteiger partial charge on any atom is -0.289 e. The van der Waals surface area contributed by atoms with Crippen molar-refractivity contribution in [3.8, 4) is 0 Å². The molecular weight excluding hydrogens is 264 g/mol. The molecule has 1 unspecified atom stereocenters. The second-order valence-corrected chi connectivity index (χ2v) is 6.26. The normalized spacial score (nSPS) is 20.6. The second-order valence-electron chi connectivity index (χ2n) is 4.67. The van der Waals surface area contributed by atoms with Gasteiger partial charge >= 0.3 is 0 Å². The fourth-order valence-corrected chi connectivity index (χ4v) is 3.84. The molecule has 1 aliphatic rings. The highest BCUT2D eigenvalue weighted by Crippen LogP contribution is 2.36.